The Kier molecular flexibility index (Phi) is 15.4. The Balaban J connectivity index is 3.57. The lowest BCUT2D eigenvalue weighted by Gasteiger charge is -2.19. The molecule has 4 N–H and O–H groups in total. The number of hydrogen-bond donors (Lipinski definition) is 4. The number of carboxylic acid groups (broad SMARTS) is 4. The molecule has 0 aromatic rings. The van der Waals surface area contributed by atoms with Gasteiger partial charge in [-0.2, -0.15) is 0 Å². The molecule has 0 fully saturated rings. The zero-order valence-corrected chi connectivity index (χ0v) is 18.8. The molecule has 0 bridgehead atoms. The summed E-state index contributed by atoms with van der Waals surface area (Å²) in [5.41, 5.74) is -2.74. The first-order valence-electron chi connectivity index (χ1n) is 11.6. The van der Waals surface area contributed by atoms with Crippen molar-refractivity contribution in [1.82, 2.24) is 0 Å². The van der Waals surface area contributed by atoms with Gasteiger partial charge in [0.15, 0.2) is 0 Å². The van der Waals surface area contributed by atoms with Crippen LogP contribution in [0.4, 0.5) is 0 Å². The van der Waals surface area contributed by atoms with Crippen LogP contribution in [0, 0.1) is 11.3 Å². The molecule has 8 nitrogen and oxygen atoms in total. The second-order valence-corrected chi connectivity index (χ2v) is 8.55. The molecule has 0 saturated carbocycles. The van der Waals surface area contributed by atoms with Gasteiger partial charge in [0.2, 0.25) is 0 Å². The third-order valence-corrected chi connectivity index (χ3v) is 5.96. The van der Waals surface area contributed by atoms with Gasteiger partial charge in [-0.05, 0) is 12.8 Å². The number of hydrogen-bond acceptors (Lipinski definition) is 4. The largest absolute Gasteiger partial charge is 0.481 e. The summed E-state index contributed by atoms with van der Waals surface area (Å²) >= 11 is 0. The summed E-state index contributed by atoms with van der Waals surface area (Å²) in [6, 6.07) is 0. The second-order valence-electron chi connectivity index (χ2n) is 8.55. The third kappa shape index (κ3) is 11.7. The molecule has 0 aromatic carbocycles. The predicted octanol–water partition coefficient (Wildman–Crippen LogP) is 5.19. The summed E-state index contributed by atoms with van der Waals surface area (Å²) in [5.74, 6) is -6.41. The molecule has 1 unspecified atom stereocenters. The first kappa shape index (κ1) is 28.9. The van der Waals surface area contributed by atoms with E-state index in [1.807, 2.05) is 0 Å². The van der Waals surface area contributed by atoms with E-state index in [4.69, 9.17) is 20.4 Å². The summed E-state index contributed by atoms with van der Waals surface area (Å²) in [6.07, 6.45) is 14.5. The van der Waals surface area contributed by atoms with Gasteiger partial charge in [-0.1, -0.05) is 96.8 Å². The summed E-state index contributed by atoms with van der Waals surface area (Å²) in [4.78, 5) is 44.2. The van der Waals surface area contributed by atoms with Crippen molar-refractivity contribution >= 4 is 23.9 Å². The van der Waals surface area contributed by atoms with Crippen molar-refractivity contribution in [2.45, 2.75) is 110 Å². The Morgan fingerprint density at radius 2 is 0.839 bits per heavy atom. The van der Waals surface area contributed by atoms with Crippen LogP contribution in [0.3, 0.4) is 0 Å². The van der Waals surface area contributed by atoms with Gasteiger partial charge in [-0.25, -0.2) is 0 Å². The van der Waals surface area contributed by atoms with E-state index in [1.54, 1.807) is 6.92 Å². The number of carboxylic acids is 4. The van der Waals surface area contributed by atoms with Gasteiger partial charge < -0.3 is 20.4 Å². The minimum absolute atomic E-state index is 0.243. The minimum Gasteiger partial charge on any atom is -0.481 e. The maximum atomic E-state index is 11.1. The molecular formula is C23H40O8. The number of unbranched alkanes of at least 4 members (excludes halogenated alkanes) is 13. The summed E-state index contributed by atoms with van der Waals surface area (Å²) in [5, 5.41) is 35.9. The topological polar surface area (TPSA) is 149 Å². The predicted molar refractivity (Wildman–Crippen MR) is 116 cm³/mol. The number of carbonyl (C=O) groups is 4. The lowest BCUT2D eigenvalue weighted by atomic mass is 9.82. The van der Waals surface area contributed by atoms with Crippen molar-refractivity contribution in [3.8, 4) is 0 Å². The highest BCUT2D eigenvalue weighted by atomic mass is 16.4. The van der Waals surface area contributed by atoms with Crippen LogP contribution in [0.15, 0.2) is 0 Å². The number of rotatable bonds is 21. The van der Waals surface area contributed by atoms with Gasteiger partial charge >= 0.3 is 23.9 Å². The summed E-state index contributed by atoms with van der Waals surface area (Å²) in [7, 11) is 0. The van der Waals surface area contributed by atoms with E-state index < -0.39 is 35.7 Å². The Labute approximate surface area is 185 Å². The summed E-state index contributed by atoms with van der Waals surface area (Å²) < 4.78 is 0. The second kappa shape index (κ2) is 16.6. The van der Waals surface area contributed by atoms with Crippen molar-refractivity contribution in [3.05, 3.63) is 0 Å². The van der Waals surface area contributed by atoms with Gasteiger partial charge in [0.1, 0.15) is 0 Å². The molecule has 31 heavy (non-hydrogen) atoms. The molecule has 0 aromatic heterocycles. The van der Waals surface area contributed by atoms with E-state index in [1.165, 1.54) is 38.5 Å². The normalized spacial score (nSPS) is 12.4. The average Bonchev–Trinajstić information content (AvgIpc) is 2.69. The van der Waals surface area contributed by atoms with Gasteiger partial charge in [0, 0.05) is 0 Å². The molecule has 0 saturated heterocycles. The molecule has 0 radical (unpaired) electrons. The molecule has 8 heteroatoms. The van der Waals surface area contributed by atoms with Crippen LogP contribution in [0.5, 0.6) is 0 Å². The molecule has 0 aliphatic rings. The fourth-order valence-corrected chi connectivity index (χ4v) is 3.68. The Morgan fingerprint density at radius 1 is 0.548 bits per heavy atom. The van der Waals surface area contributed by atoms with Crippen LogP contribution in [0.2, 0.25) is 0 Å². The Hall–Kier alpha value is -2.12. The van der Waals surface area contributed by atoms with Crippen molar-refractivity contribution in [2.75, 3.05) is 0 Å². The van der Waals surface area contributed by atoms with E-state index in [9.17, 15) is 19.2 Å². The molecule has 0 rings (SSSR count). The van der Waals surface area contributed by atoms with E-state index >= 15 is 0 Å². The first-order chi connectivity index (χ1) is 14.7. The molecular weight excluding hydrogens is 404 g/mol. The monoisotopic (exact) mass is 444 g/mol. The van der Waals surface area contributed by atoms with Crippen molar-refractivity contribution in [1.29, 1.82) is 0 Å². The lowest BCUT2D eigenvalue weighted by Crippen LogP contribution is -2.46. The van der Waals surface area contributed by atoms with Crippen LogP contribution >= 0.6 is 0 Å². The highest BCUT2D eigenvalue weighted by molar-refractivity contribution is 6.16. The van der Waals surface area contributed by atoms with Crippen LogP contribution in [-0.4, -0.2) is 44.3 Å². The van der Waals surface area contributed by atoms with Crippen molar-refractivity contribution in [3.63, 3.8) is 0 Å². The van der Waals surface area contributed by atoms with E-state index in [0.717, 1.165) is 44.9 Å². The van der Waals surface area contributed by atoms with E-state index in [0.29, 0.717) is 6.42 Å². The van der Waals surface area contributed by atoms with Crippen molar-refractivity contribution < 1.29 is 39.6 Å². The molecule has 0 aliphatic heterocycles. The van der Waals surface area contributed by atoms with Gasteiger partial charge in [-0.15, -0.1) is 0 Å². The zero-order valence-electron chi connectivity index (χ0n) is 18.8. The fourth-order valence-electron chi connectivity index (χ4n) is 3.68. The molecule has 0 heterocycles. The van der Waals surface area contributed by atoms with E-state index in [-0.39, 0.29) is 12.3 Å². The molecule has 0 aliphatic carbocycles. The molecule has 0 spiro atoms. The van der Waals surface area contributed by atoms with Crippen LogP contribution in [-0.2, 0) is 19.2 Å². The molecule has 0 amide bonds. The highest BCUT2D eigenvalue weighted by Gasteiger charge is 2.53. The van der Waals surface area contributed by atoms with Crippen LogP contribution in [0.25, 0.3) is 0 Å². The minimum atomic E-state index is -2.74. The van der Waals surface area contributed by atoms with E-state index in [2.05, 4.69) is 0 Å². The first-order valence-corrected chi connectivity index (χ1v) is 11.6. The highest BCUT2D eigenvalue weighted by Crippen LogP contribution is 2.27. The summed E-state index contributed by atoms with van der Waals surface area (Å²) in [6.45, 7) is 1.76. The molecule has 180 valence electrons. The van der Waals surface area contributed by atoms with Crippen LogP contribution in [0.1, 0.15) is 110 Å². The number of aliphatic carboxylic acids is 4. The fraction of sp³-hybridized carbons (Fsp3) is 0.826. The standard InChI is InChI=1S/C23H40O8/c1-18(19(24)25)16-14-12-10-8-6-4-2-3-5-7-9-11-13-15-17-23(20(26)27,21(28)29)22(30)31/h18H,2-17H2,1H3,(H,24,25)(H,26,27)(H,28,29)(H,30,31). The van der Waals surface area contributed by atoms with Crippen molar-refractivity contribution in [2.24, 2.45) is 11.3 Å². The smallest absolute Gasteiger partial charge is 0.332 e. The Morgan fingerprint density at radius 3 is 1.13 bits per heavy atom. The maximum Gasteiger partial charge on any atom is 0.332 e. The van der Waals surface area contributed by atoms with Gasteiger partial charge in [0.25, 0.3) is 5.41 Å². The average molecular weight is 445 g/mol. The molecule has 1 atom stereocenters. The maximum absolute atomic E-state index is 11.1. The zero-order chi connectivity index (χ0) is 23.7. The SMILES string of the molecule is CC(CCCCCCCCCCCCCCCCC(C(=O)O)(C(=O)O)C(=O)O)C(=O)O. The lowest BCUT2D eigenvalue weighted by molar-refractivity contribution is -0.176. The van der Waals surface area contributed by atoms with Gasteiger partial charge in [-0.3, -0.25) is 19.2 Å². The van der Waals surface area contributed by atoms with Crippen LogP contribution < -0.4 is 0 Å². The third-order valence-electron chi connectivity index (χ3n) is 5.96. The Bertz CT molecular complexity index is 522. The quantitative estimate of drug-likeness (QED) is 0.140. The van der Waals surface area contributed by atoms with Gasteiger partial charge in [0.05, 0.1) is 5.92 Å².